The van der Waals surface area contributed by atoms with Gasteiger partial charge in [0, 0.05) is 19.5 Å². The molecule has 4 nitrogen and oxygen atoms in total. The molecular weight excluding hydrogens is 244 g/mol. The van der Waals surface area contributed by atoms with Crippen LogP contribution < -0.4 is 4.74 Å². The third-order valence-electron chi connectivity index (χ3n) is 1.38. The monoisotopic (exact) mass is 249 g/mol. The Hall–Kier alpha value is -0.607. The molecule has 0 fully saturated rings. The fourth-order valence-electron chi connectivity index (χ4n) is 0.776. The van der Waals surface area contributed by atoms with E-state index in [4.69, 9.17) is 4.74 Å². The molecule has 0 atom stereocenters. The van der Waals surface area contributed by atoms with Gasteiger partial charge in [0.25, 0.3) is 5.69 Å². The molecule has 1 rings (SSSR count). The summed E-state index contributed by atoms with van der Waals surface area (Å²) in [5.74, 6) is 0.458. The van der Waals surface area contributed by atoms with Crippen LogP contribution in [-0.4, -0.2) is 12.0 Å². The van der Waals surface area contributed by atoms with Crippen LogP contribution in [0.1, 0.15) is 0 Å². The van der Waals surface area contributed by atoms with Gasteiger partial charge in [-0.25, -0.2) is 0 Å². The standard InChI is InChI=1S/C7H7NO3S.Zn/c1-11-5-2-3-7(12)6(4-5)8(9)10;/h2-4,12H,1H3;. The predicted molar refractivity (Wildman–Crippen MR) is 46.9 cm³/mol. The summed E-state index contributed by atoms with van der Waals surface area (Å²) in [6.45, 7) is 0. The van der Waals surface area contributed by atoms with Crippen molar-refractivity contribution in [3.63, 3.8) is 0 Å². The number of methoxy groups -OCH3 is 1. The average Bonchev–Trinajstić information content (AvgIpc) is 2.05. The topological polar surface area (TPSA) is 52.4 Å². The second kappa shape index (κ2) is 5.19. The molecule has 0 heterocycles. The van der Waals surface area contributed by atoms with Crippen LogP contribution in [0.15, 0.2) is 23.1 Å². The van der Waals surface area contributed by atoms with Crippen molar-refractivity contribution in [1.82, 2.24) is 0 Å². The van der Waals surface area contributed by atoms with Crippen molar-refractivity contribution in [1.29, 1.82) is 0 Å². The Morgan fingerprint density at radius 1 is 1.54 bits per heavy atom. The zero-order chi connectivity index (χ0) is 9.14. The number of hydrogen-bond acceptors (Lipinski definition) is 4. The van der Waals surface area contributed by atoms with E-state index >= 15 is 0 Å². The second-order valence-electron chi connectivity index (χ2n) is 2.11. The number of ether oxygens (including phenoxy) is 1. The molecule has 0 aliphatic rings. The summed E-state index contributed by atoms with van der Waals surface area (Å²) >= 11 is 3.93. The van der Waals surface area contributed by atoms with Crippen LogP contribution in [0, 0.1) is 10.1 Å². The molecule has 0 amide bonds. The van der Waals surface area contributed by atoms with E-state index in [1.54, 1.807) is 6.07 Å². The number of nitro groups is 1. The molecule has 0 bridgehead atoms. The molecule has 13 heavy (non-hydrogen) atoms. The van der Waals surface area contributed by atoms with E-state index in [0.717, 1.165) is 0 Å². The van der Waals surface area contributed by atoms with Crippen LogP contribution in [0.25, 0.3) is 0 Å². The number of benzene rings is 1. The number of nitrogens with zero attached hydrogens (tertiary/aromatic N) is 1. The molecule has 6 heteroatoms. The van der Waals surface area contributed by atoms with E-state index in [-0.39, 0.29) is 25.2 Å². The van der Waals surface area contributed by atoms with Gasteiger partial charge in [0.15, 0.2) is 0 Å². The van der Waals surface area contributed by atoms with E-state index < -0.39 is 4.92 Å². The van der Waals surface area contributed by atoms with E-state index in [1.165, 1.54) is 19.2 Å². The predicted octanol–water partition coefficient (Wildman–Crippen LogP) is 1.89. The summed E-state index contributed by atoms with van der Waals surface area (Å²) in [6.07, 6.45) is 0. The van der Waals surface area contributed by atoms with Gasteiger partial charge < -0.3 is 4.74 Å². The molecule has 1 aromatic rings. The zero-order valence-electron chi connectivity index (χ0n) is 7.06. The normalized spacial score (nSPS) is 8.77. The minimum atomic E-state index is -0.495. The Kier molecular flexibility index (Phi) is 4.95. The van der Waals surface area contributed by atoms with Gasteiger partial charge in [-0.15, -0.1) is 12.6 Å². The molecule has 0 saturated heterocycles. The molecule has 0 aromatic heterocycles. The Labute approximate surface area is 93.6 Å². The fourth-order valence-corrected chi connectivity index (χ4v) is 0.997. The third kappa shape index (κ3) is 2.97. The first-order valence-corrected chi connectivity index (χ1v) is 3.61. The SMILES string of the molecule is COc1ccc(S)c([N+](=O)[O-])c1.[Zn]. The van der Waals surface area contributed by atoms with E-state index in [9.17, 15) is 10.1 Å². The van der Waals surface area contributed by atoms with Crippen molar-refractivity contribution in [3.05, 3.63) is 28.3 Å². The number of rotatable bonds is 2. The molecule has 66 valence electrons. The average molecular weight is 251 g/mol. The van der Waals surface area contributed by atoms with Gasteiger partial charge in [-0.3, -0.25) is 10.1 Å². The maximum absolute atomic E-state index is 10.4. The number of hydrogen-bond donors (Lipinski definition) is 1. The third-order valence-corrected chi connectivity index (χ3v) is 1.76. The van der Waals surface area contributed by atoms with Crippen molar-refractivity contribution in [2.75, 3.05) is 7.11 Å². The van der Waals surface area contributed by atoms with Crippen molar-refractivity contribution >= 4 is 18.3 Å². The van der Waals surface area contributed by atoms with Crippen LogP contribution >= 0.6 is 12.6 Å². The van der Waals surface area contributed by atoms with Gasteiger partial charge in [0.2, 0.25) is 0 Å². The first-order valence-electron chi connectivity index (χ1n) is 3.16. The Morgan fingerprint density at radius 2 is 2.15 bits per heavy atom. The molecule has 0 saturated carbocycles. The first kappa shape index (κ1) is 12.4. The summed E-state index contributed by atoms with van der Waals surface area (Å²) < 4.78 is 4.82. The van der Waals surface area contributed by atoms with E-state index in [0.29, 0.717) is 10.6 Å². The van der Waals surface area contributed by atoms with Gasteiger partial charge >= 0.3 is 0 Å². The van der Waals surface area contributed by atoms with Gasteiger partial charge in [0.1, 0.15) is 5.75 Å². The van der Waals surface area contributed by atoms with Crippen molar-refractivity contribution in [2.24, 2.45) is 0 Å². The molecule has 0 radical (unpaired) electrons. The quantitative estimate of drug-likeness (QED) is 0.377. The van der Waals surface area contributed by atoms with Gasteiger partial charge in [-0.2, -0.15) is 0 Å². The molecule has 1 aromatic carbocycles. The molecule has 0 spiro atoms. The molecular formula is C7H7NO3SZn. The summed E-state index contributed by atoms with van der Waals surface area (Å²) in [4.78, 5) is 10.2. The summed E-state index contributed by atoms with van der Waals surface area (Å²) in [5.41, 5.74) is -0.0438. The Balaban J connectivity index is 0.00000144. The van der Waals surface area contributed by atoms with Crippen molar-refractivity contribution in [3.8, 4) is 5.75 Å². The number of thiol groups is 1. The van der Waals surface area contributed by atoms with E-state index in [1.807, 2.05) is 0 Å². The molecule has 0 aliphatic heterocycles. The number of nitro benzene ring substituents is 1. The van der Waals surface area contributed by atoms with Crippen molar-refractivity contribution < 1.29 is 29.1 Å². The second-order valence-corrected chi connectivity index (χ2v) is 2.59. The van der Waals surface area contributed by atoms with Crippen LogP contribution in [0.3, 0.4) is 0 Å². The zero-order valence-corrected chi connectivity index (χ0v) is 10.9. The summed E-state index contributed by atoms with van der Waals surface area (Å²) in [5, 5.41) is 10.4. The molecule has 0 aliphatic carbocycles. The maximum atomic E-state index is 10.4. The smallest absolute Gasteiger partial charge is 0.286 e. The summed E-state index contributed by atoms with van der Waals surface area (Å²) in [7, 11) is 1.46. The van der Waals surface area contributed by atoms with Crippen molar-refractivity contribution in [2.45, 2.75) is 4.90 Å². The van der Waals surface area contributed by atoms with Crippen LogP contribution in [-0.2, 0) is 19.5 Å². The molecule has 0 N–H and O–H groups in total. The maximum Gasteiger partial charge on any atom is 0.286 e. The van der Waals surface area contributed by atoms with E-state index in [2.05, 4.69) is 12.6 Å². The Bertz CT molecular complexity index is 319. The minimum absolute atomic E-state index is 0. The Morgan fingerprint density at radius 3 is 2.62 bits per heavy atom. The first-order chi connectivity index (χ1) is 5.65. The van der Waals surface area contributed by atoms with Crippen LogP contribution in [0.4, 0.5) is 5.69 Å². The minimum Gasteiger partial charge on any atom is -0.497 e. The van der Waals surface area contributed by atoms with Crippen LogP contribution in [0.2, 0.25) is 0 Å². The largest absolute Gasteiger partial charge is 0.497 e. The molecule has 0 unspecified atom stereocenters. The van der Waals surface area contributed by atoms with Crippen LogP contribution in [0.5, 0.6) is 5.75 Å². The summed E-state index contributed by atoms with van der Waals surface area (Å²) in [6, 6.07) is 4.48. The van der Waals surface area contributed by atoms with Gasteiger partial charge in [0.05, 0.1) is 23.0 Å². The fraction of sp³-hybridized carbons (Fsp3) is 0.143. The van der Waals surface area contributed by atoms with Gasteiger partial charge in [-0.05, 0) is 12.1 Å². The van der Waals surface area contributed by atoms with Gasteiger partial charge in [-0.1, -0.05) is 0 Å².